The van der Waals surface area contributed by atoms with E-state index in [9.17, 15) is 9.59 Å². The molecule has 1 N–H and O–H groups in total. The average molecular weight is 324 g/mol. The molecule has 112 valence electrons. The predicted molar refractivity (Wildman–Crippen MR) is 90.8 cm³/mol. The first kappa shape index (κ1) is 17.5. The van der Waals surface area contributed by atoms with Crippen LogP contribution in [0.5, 0.6) is 0 Å². The molecule has 0 heterocycles. The molecule has 0 aliphatic rings. The number of nitrogens with one attached hydrogen (secondary N) is 1. The van der Waals surface area contributed by atoms with E-state index in [0.29, 0.717) is 16.1 Å². The van der Waals surface area contributed by atoms with Gasteiger partial charge in [-0.15, -0.1) is 0 Å². The molecule has 0 saturated carbocycles. The summed E-state index contributed by atoms with van der Waals surface area (Å²) in [5.74, 6) is -1.22. The molecule has 3 nitrogen and oxygen atoms in total. The third-order valence-electron chi connectivity index (χ3n) is 3.07. The number of thiocarbonyl (C=S) groups is 1. The fourth-order valence-corrected chi connectivity index (χ4v) is 2.58. The molecule has 0 radical (unpaired) electrons. The zero-order chi connectivity index (χ0) is 16.2. The Kier molecular flexibility index (Phi) is 6.24. The fourth-order valence-electron chi connectivity index (χ4n) is 1.83. The second-order valence-electron chi connectivity index (χ2n) is 4.95. The van der Waals surface area contributed by atoms with Gasteiger partial charge in [0.15, 0.2) is 0 Å². The highest BCUT2D eigenvalue weighted by Gasteiger charge is 2.24. The molecular weight excluding hydrogens is 306 g/mol. The summed E-state index contributed by atoms with van der Waals surface area (Å²) in [5, 5.41) is 2.93. The van der Waals surface area contributed by atoms with Gasteiger partial charge in [0.2, 0.25) is 0 Å². The normalized spacial score (nSPS) is 13.2. The SMILES string of the molecule is CC(=O)C(C(C)=S)/C(Cl)=C(\C)C(=O)Nc1ccc(C)cc1. The lowest BCUT2D eigenvalue weighted by molar-refractivity contribution is -0.117. The summed E-state index contributed by atoms with van der Waals surface area (Å²) < 4.78 is 0. The molecule has 1 atom stereocenters. The maximum Gasteiger partial charge on any atom is 0.252 e. The van der Waals surface area contributed by atoms with Gasteiger partial charge in [-0.25, -0.2) is 0 Å². The second kappa shape index (κ2) is 7.48. The number of halogens is 1. The van der Waals surface area contributed by atoms with Crippen LogP contribution in [0.4, 0.5) is 5.69 Å². The molecule has 0 aliphatic heterocycles. The van der Waals surface area contributed by atoms with Crippen LogP contribution in [-0.4, -0.2) is 16.6 Å². The molecule has 1 aromatic carbocycles. The van der Waals surface area contributed by atoms with Gasteiger partial charge < -0.3 is 5.32 Å². The molecule has 0 spiro atoms. The maximum atomic E-state index is 12.2. The van der Waals surface area contributed by atoms with Crippen LogP contribution in [0.3, 0.4) is 0 Å². The van der Waals surface area contributed by atoms with E-state index in [1.807, 2.05) is 19.1 Å². The number of benzene rings is 1. The third-order valence-corrected chi connectivity index (χ3v) is 3.81. The molecule has 0 aliphatic carbocycles. The Morgan fingerprint density at radius 2 is 1.67 bits per heavy atom. The minimum Gasteiger partial charge on any atom is -0.322 e. The zero-order valence-electron chi connectivity index (χ0n) is 12.5. The van der Waals surface area contributed by atoms with Crippen LogP contribution in [0, 0.1) is 12.8 Å². The Labute approximate surface area is 135 Å². The van der Waals surface area contributed by atoms with E-state index in [0.717, 1.165) is 5.56 Å². The number of Topliss-reactive ketones (excluding diaryl/α,β-unsaturated/α-hetero) is 1. The van der Waals surface area contributed by atoms with Crippen molar-refractivity contribution in [3.05, 3.63) is 40.4 Å². The molecule has 1 amide bonds. The standard InChI is InChI=1S/C16H18ClNO2S/c1-9-5-7-13(8-6-9)18-16(20)10(2)15(17)14(11(3)19)12(4)21/h5-8,14H,1-4H3,(H,18,20)/b15-10-. The Morgan fingerprint density at radius 1 is 1.14 bits per heavy atom. The minimum atomic E-state index is -0.703. The minimum absolute atomic E-state index is 0.171. The molecule has 5 heteroatoms. The lowest BCUT2D eigenvalue weighted by Crippen LogP contribution is -2.22. The van der Waals surface area contributed by atoms with Crippen molar-refractivity contribution in [3.63, 3.8) is 0 Å². The first-order chi connectivity index (χ1) is 9.73. The zero-order valence-corrected chi connectivity index (χ0v) is 14.1. The highest BCUT2D eigenvalue weighted by atomic mass is 35.5. The van der Waals surface area contributed by atoms with Crippen LogP contribution < -0.4 is 5.32 Å². The molecule has 1 aromatic rings. The van der Waals surface area contributed by atoms with Crippen molar-refractivity contribution in [2.24, 2.45) is 5.92 Å². The van der Waals surface area contributed by atoms with Crippen molar-refractivity contribution < 1.29 is 9.59 Å². The molecule has 0 aromatic heterocycles. The number of rotatable bonds is 5. The van der Waals surface area contributed by atoms with Crippen molar-refractivity contribution in [1.82, 2.24) is 0 Å². The molecule has 0 saturated heterocycles. The Balaban J connectivity index is 2.99. The van der Waals surface area contributed by atoms with Gasteiger partial charge in [0.05, 0.1) is 5.92 Å². The maximum absolute atomic E-state index is 12.2. The first-order valence-electron chi connectivity index (χ1n) is 6.49. The number of amides is 1. The monoisotopic (exact) mass is 323 g/mol. The van der Waals surface area contributed by atoms with Gasteiger partial charge >= 0.3 is 0 Å². The van der Waals surface area contributed by atoms with Gasteiger partial charge in [0, 0.05) is 21.2 Å². The van der Waals surface area contributed by atoms with Crippen molar-refractivity contribution in [2.45, 2.75) is 27.7 Å². The molecule has 1 unspecified atom stereocenters. The van der Waals surface area contributed by atoms with Gasteiger partial charge in [0.1, 0.15) is 5.78 Å². The van der Waals surface area contributed by atoms with Gasteiger partial charge in [-0.05, 0) is 39.8 Å². The number of anilines is 1. The van der Waals surface area contributed by atoms with E-state index < -0.39 is 5.92 Å². The molecule has 1 rings (SSSR count). The Bertz CT molecular complexity index is 591. The highest BCUT2D eigenvalue weighted by molar-refractivity contribution is 7.80. The van der Waals surface area contributed by atoms with Crippen LogP contribution in [0.2, 0.25) is 0 Å². The number of carbonyl (C=O) groups is 2. The lowest BCUT2D eigenvalue weighted by atomic mass is 9.98. The van der Waals surface area contributed by atoms with Gasteiger partial charge in [0.25, 0.3) is 5.91 Å². The number of aryl methyl sites for hydroxylation is 1. The van der Waals surface area contributed by atoms with Crippen LogP contribution in [0.15, 0.2) is 34.9 Å². The Hall–Kier alpha value is -1.52. The molecule has 21 heavy (non-hydrogen) atoms. The molecule has 0 fully saturated rings. The van der Waals surface area contributed by atoms with Crippen LogP contribution >= 0.6 is 23.8 Å². The van der Waals surface area contributed by atoms with Crippen LogP contribution in [-0.2, 0) is 9.59 Å². The van der Waals surface area contributed by atoms with E-state index in [-0.39, 0.29) is 16.7 Å². The summed E-state index contributed by atoms with van der Waals surface area (Å²) in [4.78, 5) is 24.2. The van der Waals surface area contributed by atoms with E-state index >= 15 is 0 Å². The van der Waals surface area contributed by atoms with Gasteiger partial charge in [-0.3, -0.25) is 9.59 Å². The van der Waals surface area contributed by atoms with Crippen molar-refractivity contribution in [2.75, 3.05) is 5.32 Å². The number of carbonyl (C=O) groups excluding carboxylic acids is 2. The first-order valence-corrected chi connectivity index (χ1v) is 7.27. The number of ketones is 1. The van der Waals surface area contributed by atoms with Crippen molar-refractivity contribution >= 4 is 46.1 Å². The average Bonchev–Trinajstić information content (AvgIpc) is 2.39. The summed E-state index contributed by atoms with van der Waals surface area (Å²) in [7, 11) is 0. The number of hydrogen-bond acceptors (Lipinski definition) is 3. The Morgan fingerprint density at radius 3 is 2.10 bits per heavy atom. The van der Waals surface area contributed by atoms with E-state index in [1.165, 1.54) is 6.92 Å². The summed E-state index contributed by atoms with van der Waals surface area (Å²) in [6, 6.07) is 7.41. The van der Waals surface area contributed by atoms with Gasteiger partial charge in [-0.2, -0.15) is 0 Å². The number of allylic oxidation sites excluding steroid dienone is 1. The predicted octanol–water partition coefficient (Wildman–Crippen LogP) is 4.04. The van der Waals surface area contributed by atoms with Gasteiger partial charge in [-0.1, -0.05) is 41.5 Å². The molecular formula is C16H18ClNO2S. The smallest absolute Gasteiger partial charge is 0.252 e. The van der Waals surface area contributed by atoms with E-state index in [1.54, 1.807) is 26.0 Å². The summed E-state index contributed by atoms with van der Waals surface area (Å²) >= 11 is 11.2. The number of hydrogen-bond donors (Lipinski definition) is 1. The second-order valence-corrected chi connectivity index (χ2v) is 6.00. The largest absolute Gasteiger partial charge is 0.322 e. The molecule has 0 bridgehead atoms. The van der Waals surface area contributed by atoms with E-state index in [2.05, 4.69) is 5.32 Å². The quantitative estimate of drug-likeness (QED) is 0.657. The topological polar surface area (TPSA) is 46.2 Å². The van der Waals surface area contributed by atoms with Crippen LogP contribution in [0.25, 0.3) is 0 Å². The summed E-state index contributed by atoms with van der Waals surface area (Å²) in [5.41, 5.74) is 2.07. The third kappa shape index (κ3) is 4.76. The highest BCUT2D eigenvalue weighted by Crippen LogP contribution is 2.24. The van der Waals surface area contributed by atoms with Crippen molar-refractivity contribution in [1.29, 1.82) is 0 Å². The fraction of sp³-hybridized carbons (Fsp3) is 0.312. The summed E-state index contributed by atoms with van der Waals surface area (Å²) in [6.07, 6.45) is 0. The van der Waals surface area contributed by atoms with Crippen molar-refractivity contribution in [3.8, 4) is 0 Å². The lowest BCUT2D eigenvalue weighted by Gasteiger charge is -2.14. The summed E-state index contributed by atoms with van der Waals surface area (Å²) in [6.45, 7) is 6.61. The van der Waals surface area contributed by atoms with Crippen LogP contribution in [0.1, 0.15) is 26.3 Å². The van der Waals surface area contributed by atoms with E-state index in [4.69, 9.17) is 23.8 Å².